The van der Waals surface area contributed by atoms with Crippen LogP contribution in [0, 0.1) is 5.41 Å². The molecule has 3 heterocycles. The summed E-state index contributed by atoms with van der Waals surface area (Å²) >= 11 is 0. The molecular formula is C32H40F6N6O4. The molecular weight excluding hydrogens is 646 g/mol. The first-order valence-corrected chi connectivity index (χ1v) is 15.1. The molecule has 1 saturated heterocycles. The molecule has 0 N–H and O–H groups in total. The molecule has 264 valence electrons. The van der Waals surface area contributed by atoms with Crippen LogP contribution in [-0.2, 0) is 40.2 Å². The van der Waals surface area contributed by atoms with Gasteiger partial charge < -0.3 is 24.1 Å². The Hall–Kier alpha value is -4.21. The third-order valence-electron chi connectivity index (χ3n) is 7.76. The monoisotopic (exact) mass is 686 g/mol. The molecule has 0 aliphatic carbocycles. The number of hydrogen-bond acceptors (Lipinski definition) is 8. The number of benzene rings is 1. The molecule has 1 aromatic carbocycles. The number of nitrogens with zero attached hydrogens (tertiary/aromatic N) is 6. The number of carbonyl (C=O) groups excluding carboxylic acids is 2. The summed E-state index contributed by atoms with van der Waals surface area (Å²) in [5.41, 5.74) is -2.48. The fourth-order valence-corrected chi connectivity index (χ4v) is 5.13. The number of alkyl halides is 6. The molecule has 1 fully saturated rings. The Balaban J connectivity index is 0.00000201. The lowest BCUT2D eigenvalue weighted by Gasteiger charge is -2.30. The topological polar surface area (TPSA) is 103 Å². The molecule has 0 radical (unpaired) electrons. The number of aryl methyl sites for hydroxylation is 1. The molecule has 4 rings (SSSR count). The smallest absolute Gasteiger partial charge is 0.416 e. The summed E-state index contributed by atoms with van der Waals surface area (Å²) in [7, 11) is 4.98. The summed E-state index contributed by atoms with van der Waals surface area (Å²) in [5.74, 6) is 0.0661. The van der Waals surface area contributed by atoms with E-state index in [-0.39, 0.29) is 36.8 Å². The van der Waals surface area contributed by atoms with Crippen LogP contribution in [0.1, 0.15) is 56.7 Å². The molecule has 0 bridgehead atoms. The van der Waals surface area contributed by atoms with Crippen molar-refractivity contribution < 1.29 is 45.4 Å². The Labute approximate surface area is 275 Å². The number of anilines is 1. The van der Waals surface area contributed by atoms with Crippen molar-refractivity contribution in [3.05, 3.63) is 59.7 Å². The molecule has 3 aromatic rings. The minimum absolute atomic E-state index is 0.00470. The van der Waals surface area contributed by atoms with Crippen molar-refractivity contribution in [1.82, 2.24) is 24.6 Å². The van der Waals surface area contributed by atoms with E-state index in [1.165, 1.54) is 22.2 Å². The van der Waals surface area contributed by atoms with Crippen molar-refractivity contribution in [1.29, 1.82) is 0 Å². The summed E-state index contributed by atoms with van der Waals surface area (Å²) in [5, 5.41) is 4.11. The summed E-state index contributed by atoms with van der Waals surface area (Å²) in [6, 6.07) is 0.547. The average molecular weight is 687 g/mol. The maximum Gasteiger partial charge on any atom is 0.416 e. The van der Waals surface area contributed by atoms with Gasteiger partial charge in [0.05, 0.1) is 30.0 Å². The van der Waals surface area contributed by atoms with Crippen LogP contribution in [0.3, 0.4) is 0 Å². The normalized spacial score (nSPS) is 16.7. The second kappa shape index (κ2) is 15.8. The van der Waals surface area contributed by atoms with Crippen LogP contribution in [-0.4, -0.2) is 76.5 Å². The van der Waals surface area contributed by atoms with Gasteiger partial charge in [0.15, 0.2) is 0 Å². The molecule has 48 heavy (non-hydrogen) atoms. The Morgan fingerprint density at radius 2 is 1.58 bits per heavy atom. The van der Waals surface area contributed by atoms with Crippen molar-refractivity contribution in [2.45, 2.75) is 71.0 Å². The highest BCUT2D eigenvalue weighted by Gasteiger charge is 2.41. The van der Waals surface area contributed by atoms with E-state index in [2.05, 4.69) is 19.8 Å². The summed E-state index contributed by atoms with van der Waals surface area (Å²) in [4.78, 5) is 36.1. The number of aldehydes is 1. The van der Waals surface area contributed by atoms with Crippen molar-refractivity contribution >= 4 is 18.3 Å². The van der Waals surface area contributed by atoms with E-state index in [9.17, 15) is 35.9 Å². The first kappa shape index (κ1) is 38.2. The Bertz CT molecular complexity index is 1480. The van der Waals surface area contributed by atoms with E-state index >= 15 is 0 Å². The summed E-state index contributed by atoms with van der Waals surface area (Å²) in [6.45, 7) is 4.95. The zero-order valence-corrected chi connectivity index (χ0v) is 27.6. The van der Waals surface area contributed by atoms with Crippen LogP contribution in [0.5, 0.6) is 0 Å². The van der Waals surface area contributed by atoms with Crippen LogP contribution in [0.2, 0.25) is 0 Å². The van der Waals surface area contributed by atoms with E-state index in [4.69, 9.17) is 4.74 Å². The van der Waals surface area contributed by atoms with Gasteiger partial charge in [-0.1, -0.05) is 20.8 Å². The van der Waals surface area contributed by atoms with Crippen LogP contribution >= 0.6 is 0 Å². The lowest BCUT2D eigenvalue weighted by Crippen LogP contribution is -2.40. The third-order valence-corrected chi connectivity index (χ3v) is 7.76. The quantitative estimate of drug-likeness (QED) is 0.170. The fraction of sp³-hybridized carbons (Fsp3) is 0.531. The van der Waals surface area contributed by atoms with Crippen molar-refractivity contribution in [2.24, 2.45) is 12.5 Å². The van der Waals surface area contributed by atoms with Gasteiger partial charge in [-0.3, -0.25) is 4.68 Å². The highest BCUT2D eigenvalue weighted by Crippen LogP contribution is 2.37. The minimum atomic E-state index is -5.01. The molecule has 2 atom stereocenters. The highest BCUT2D eigenvalue weighted by molar-refractivity contribution is 5.69. The van der Waals surface area contributed by atoms with Gasteiger partial charge in [0.25, 0.3) is 0 Å². The standard InChI is InChI=1S/C30H34F6N6O3.C2H6O/c1-5-24-11-25(17-42(24)27(44)45-7-6-28(2,3)18-43)41(26-37-12-20(13-38-26)21-14-39-40(4)16-21)15-19-8-22(29(31,32)33)10-23(9-19)30(34,35)36;1-3-2/h8-10,12-14,16,18,24-25H,5-7,11,15,17H2,1-4H3;1-2H3/t24-,25+;/m1./s1. The molecule has 10 nitrogen and oxygen atoms in total. The zero-order valence-electron chi connectivity index (χ0n) is 27.6. The Morgan fingerprint density at radius 3 is 2.06 bits per heavy atom. The molecule has 16 heteroatoms. The van der Waals surface area contributed by atoms with E-state index < -0.39 is 47.6 Å². The molecule has 2 aromatic heterocycles. The number of amides is 1. The molecule has 1 amide bonds. The number of ether oxygens (including phenoxy) is 2. The van der Waals surface area contributed by atoms with E-state index in [0.29, 0.717) is 42.5 Å². The van der Waals surface area contributed by atoms with E-state index in [1.807, 2.05) is 6.92 Å². The first-order chi connectivity index (χ1) is 22.4. The highest BCUT2D eigenvalue weighted by atomic mass is 19.4. The molecule has 0 spiro atoms. The SMILES string of the molecule is CC[C@@H]1C[C@H](N(Cc2cc(C(F)(F)F)cc(C(F)(F)F)c2)c2ncc(-c3cnn(C)c3)cn2)CN1C(=O)OCCC(C)(C)C=O.COC. The number of rotatable bonds is 10. The minimum Gasteiger partial charge on any atom is -0.449 e. The summed E-state index contributed by atoms with van der Waals surface area (Å²) < 4.78 is 93.2. The lowest BCUT2D eigenvalue weighted by atomic mass is 9.92. The predicted molar refractivity (Wildman–Crippen MR) is 165 cm³/mol. The van der Waals surface area contributed by atoms with Crippen molar-refractivity contribution in [3.63, 3.8) is 0 Å². The molecule has 0 saturated carbocycles. The van der Waals surface area contributed by atoms with E-state index in [0.717, 1.165) is 6.29 Å². The number of hydrogen-bond donors (Lipinski definition) is 0. The number of halogens is 6. The number of methoxy groups -OCH3 is 1. The van der Waals surface area contributed by atoms with Gasteiger partial charge in [0, 0.05) is 75.5 Å². The number of likely N-dealkylation sites (tertiary alicyclic amines) is 1. The van der Waals surface area contributed by atoms with Crippen molar-refractivity contribution in [3.8, 4) is 11.1 Å². The zero-order chi connectivity index (χ0) is 35.9. The second-order valence-corrected chi connectivity index (χ2v) is 12.2. The fourth-order valence-electron chi connectivity index (χ4n) is 5.13. The van der Waals surface area contributed by atoms with Gasteiger partial charge in [-0.05, 0) is 43.0 Å². The Kier molecular flexibility index (Phi) is 12.6. The maximum atomic E-state index is 13.7. The first-order valence-electron chi connectivity index (χ1n) is 15.1. The second-order valence-electron chi connectivity index (χ2n) is 12.2. The van der Waals surface area contributed by atoms with Gasteiger partial charge in [0.1, 0.15) is 6.29 Å². The largest absolute Gasteiger partial charge is 0.449 e. The molecule has 0 unspecified atom stereocenters. The lowest BCUT2D eigenvalue weighted by molar-refractivity contribution is -0.143. The molecule has 1 aliphatic heterocycles. The maximum absolute atomic E-state index is 13.7. The van der Waals surface area contributed by atoms with Gasteiger partial charge in [-0.15, -0.1) is 0 Å². The Morgan fingerprint density at radius 1 is 1.00 bits per heavy atom. The van der Waals surface area contributed by atoms with Crippen molar-refractivity contribution in [2.75, 3.05) is 32.3 Å². The number of carbonyl (C=O) groups is 2. The van der Waals surface area contributed by atoms with Crippen LogP contribution < -0.4 is 4.90 Å². The van der Waals surface area contributed by atoms with Gasteiger partial charge in [0.2, 0.25) is 5.95 Å². The van der Waals surface area contributed by atoms with Gasteiger partial charge in [-0.25, -0.2) is 14.8 Å². The molecule has 1 aliphatic rings. The third kappa shape index (κ3) is 10.1. The van der Waals surface area contributed by atoms with Gasteiger partial charge >= 0.3 is 18.4 Å². The summed E-state index contributed by atoms with van der Waals surface area (Å²) in [6.07, 6.45) is -2.40. The van der Waals surface area contributed by atoms with Crippen LogP contribution in [0.4, 0.5) is 37.1 Å². The van der Waals surface area contributed by atoms with E-state index in [1.54, 1.807) is 52.2 Å². The predicted octanol–water partition coefficient (Wildman–Crippen LogP) is 6.79. The average Bonchev–Trinajstić information content (AvgIpc) is 3.66. The van der Waals surface area contributed by atoms with Crippen LogP contribution in [0.15, 0.2) is 43.0 Å². The van der Waals surface area contributed by atoms with Crippen LogP contribution in [0.25, 0.3) is 11.1 Å². The number of aromatic nitrogens is 4. The van der Waals surface area contributed by atoms with Gasteiger partial charge in [-0.2, -0.15) is 31.4 Å².